The molecule has 0 amide bonds. The van der Waals surface area contributed by atoms with Gasteiger partial charge in [-0.15, -0.1) is 5.10 Å². The van der Waals surface area contributed by atoms with Crippen LogP contribution < -0.4 is 15.5 Å². The second-order valence-corrected chi connectivity index (χ2v) is 4.73. The molecule has 1 aromatic carbocycles. The van der Waals surface area contributed by atoms with Crippen LogP contribution in [-0.4, -0.2) is 26.2 Å². The molecule has 0 unspecified atom stereocenters. The first-order valence-electron chi connectivity index (χ1n) is 6.97. The van der Waals surface area contributed by atoms with Gasteiger partial charge in [-0.1, -0.05) is 0 Å². The molecule has 110 valence electrons. The summed E-state index contributed by atoms with van der Waals surface area (Å²) in [4.78, 5) is 14.3. The van der Waals surface area contributed by atoms with Crippen molar-refractivity contribution >= 4 is 28.7 Å². The van der Waals surface area contributed by atoms with Crippen molar-refractivity contribution in [2.45, 2.75) is 13.8 Å². The molecule has 0 bridgehead atoms. The molecule has 0 fully saturated rings. The fourth-order valence-electron chi connectivity index (χ4n) is 2.41. The summed E-state index contributed by atoms with van der Waals surface area (Å²) in [6, 6.07) is 7.66. The van der Waals surface area contributed by atoms with Crippen LogP contribution in [0, 0.1) is 0 Å². The predicted molar refractivity (Wildman–Crippen MR) is 83.0 cm³/mol. The van der Waals surface area contributed by atoms with Crippen LogP contribution in [0.3, 0.4) is 0 Å². The molecular weight excluding hydrogens is 270 g/mol. The maximum Gasteiger partial charge on any atom is 0.362 e. The maximum absolute atomic E-state index is 12.1. The second kappa shape index (κ2) is 5.47. The molecular formula is C15H17N3O3. The summed E-state index contributed by atoms with van der Waals surface area (Å²) < 4.78 is 10.4. The lowest BCUT2D eigenvalue weighted by Gasteiger charge is -2.21. The third-order valence-electron chi connectivity index (χ3n) is 3.57. The van der Waals surface area contributed by atoms with Crippen molar-refractivity contribution in [2.75, 3.05) is 29.7 Å². The second-order valence-electron chi connectivity index (χ2n) is 4.73. The minimum atomic E-state index is -0.415. The van der Waals surface area contributed by atoms with Crippen molar-refractivity contribution < 1.29 is 9.15 Å². The van der Waals surface area contributed by atoms with Crippen LogP contribution in [0.4, 0.5) is 11.4 Å². The molecule has 0 atom stereocenters. The number of rotatable bonds is 4. The average Bonchev–Trinajstić information content (AvgIpc) is 3.01. The van der Waals surface area contributed by atoms with Gasteiger partial charge in [-0.3, -0.25) is 0 Å². The van der Waals surface area contributed by atoms with Crippen LogP contribution >= 0.6 is 0 Å². The lowest BCUT2D eigenvalue weighted by molar-refractivity contribution is 0.349. The van der Waals surface area contributed by atoms with E-state index in [9.17, 15) is 4.79 Å². The highest BCUT2D eigenvalue weighted by Crippen LogP contribution is 2.24. The number of benzene rings is 1. The van der Waals surface area contributed by atoms with Gasteiger partial charge in [-0.25, -0.2) is 9.80 Å². The number of ether oxygens (including phenoxy) is 1. The number of hydrogen-bond donors (Lipinski definition) is 0. The van der Waals surface area contributed by atoms with Crippen molar-refractivity contribution in [3.63, 3.8) is 0 Å². The molecule has 0 saturated carbocycles. The van der Waals surface area contributed by atoms with Gasteiger partial charge < -0.3 is 14.1 Å². The largest absolute Gasteiger partial charge is 0.459 e. The molecule has 0 saturated heterocycles. The lowest BCUT2D eigenvalue weighted by atomic mass is 10.2. The van der Waals surface area contributed by atoms with Crippen molar-refractivity contribution in [3.05, 3.63) is 34.7 Å². The Labute approximate surface area is 122 Å². The summed E-state index contributed by atoms with van der Waals surface area (Å²) in [6.45, 7) is 6.23. The number of anilines is 2. The fraction of sp³-hybridized carbons (Fsp3) is 0.333. The van der Waals surface area contributed by atoms with Crippen molar-refractivity contribution in [1.82, 2.24) is 0 Å². The third kappa shape index (κ3) is 2.44. The van der Waals surface area contributed by atoms with Crippen LogP contribution in [-0.2, 0) is 4.74 Å². The van der Waals surface area contributed by atoms with E-state index >= 15 is 0 Å². The van der Waals surface area contributed by atoms with Crippen LogP contribution in [0.15, 0.2) is 38.6 Å². The van der Waals surface area contributed by atoms with Crippen molar-refractivity contribution in [3.8, 4) is 0 Å². The monoisotopic (exact) mass is 287 g/mol. The molecule has 2 aromatic rings. The smallest absolute Gasteiger partial charge is 0.362 e. The number of nitrogens with zero attached hydrogens (tertiary/aromatic N) is 3. The van der Waals surface area contributed by atoms with Gasteiger partial charge >= 0.3 is 5.63 Å². The molecule has 0 spiro atoms. The van der Waals surface area contributed by atoms with Gasteiger partial charge in [0.15, 0.2) is 13.1 Å². The molecule has 0 aliphatic carbocycles. The molecule has 6 nitrogen and oxygen atoms in total. The quantitative estimate of drug-likeness (QED) is 0.808. The first kappa shape index (κ1) is 13.5. The zero-order chi connectivity index (χ0) is 14.8. The molecule has 1 aliphatic rings. The Balaban J connectivity index is 2.06. The Bertz CT molecular complexity index is 735. The highest BCUT2D eigenvalue weighted by molar-refractivity contribution is 5.83. The molecule has 6 heteroatoms. The Morgan fingerprint density at radius 2 is 2.10 bits per heavy atom. The Hall–Kier alpha value is -2.50. The normalized spacial score (nSPS) is 13.7. The average molecular weight is 287 g/mol. The zero-order valence-electron chi connectivity index (χ0n) is 12.1. The summed E-state index contributed by atoms with van der Waals surface area (Å²) >= 11 is 0. The SMILES string of the molecule is CCN(CC)c1ccc2cc(N3COC=N3)c(=O)oc2c1. The Morgan fingerprint density at radius 3 is 2.76 bits per heavy atom. The number of hydrogen-bond acceptors (Lipinski definition) is 6. The van der Waals surface area contributed by atoms with E-state index in [0.29, 0.717) is 11.3 Å². The number of hydrazone groups is 1. The highest BCUT2D eigenvalue weighted by atomic mass is 16.5. The topological polar surface area (TPSA) is 58.3 Å². The summed E-state index contributed by atoms with van der Waals surface area (Å²) in [5.74, 6) is 0. The Morgan fingerprint density at radius 1 is 1.29 bits per heavy atom. The summed E-state index contributed by atoms with van der Waals surface area (Å²) in [5.41, 5.74) is 1.59. The van der Waals surface area contributed by atoms with Crippen molar-refractivity contribution in [1.29, 1.82) is 0 Å². The molecule has 0 N–H and O–H groups in total. The lowest BCUT2D eigenvalue weighted by Crippen LogP contribution is -2.22. The van der Waals surface area contributed by atoms with Gasteiger partial charge in [-0.2, -0.15) is 0 Å². The zero-order valence-corrected chi connectivity index (χ0v) is 12.1. The van der Waals surface area contributed by atoms with E-state index in [1.54, 1.807) is 6.07 Å². The minimum absolute atomic E-state index is 0.230. The van der Waals surface area contributed by atoms with E-state index in [1.165, 1.54) is 11.4 Å². The van der Waals surface area contributed by atoms with Crippen LogP contribution in [0.5, 0.6) is 0 Å². The summed E-state index contributed by atoms with van der Waals surface area (Å²) in [6.07, 6.45) is 1.31. The first-order chi connectivity index (χ1) is 10.2. The predicted octanol–water partition coefficient (Wildman–Crippen LogP) is 2.38. The van der Waals surface area contributed by atoms with E-state index in [1.807, 2.05) is 18.2 Å². The van der Waals surface area contributed by atoms with Gasteiger partial charge in [0.1, 0.15) is 11.3 Å². The maximum atomic E-state index is 12.1. The molecule has 0 radical (unpaired) electrons. The van der Waals surface area contributed by atoms with Crippen LogP contribution in [0.1, 0.15) is 13.8 Å². The summed E-state index contributed by atoms with van der Waals surface area (Å²) in [7, 11) is 0. The molecule has 3 rings (SSSR count). The van der Waals surface area contributed by atoms with Gasteiger partial charge in [0.05, 0.1) is 0 Å². The first-order valence-corrected chi connectivity index (χ1v) is 6.97. The van der Waals surface area contributed by atoms with E-state index < -0.39 is 5.63 Å². The van der Waals surface area contributed by atoms with Gasteiger partial charge in [0, 0.05) is 30.2 Å². The van der Waals surface area contributed by atoms with E-state index in [-0.39, 0.29) is 6.73 Å². The van der Waals surface area contributed by atoms with Gasteiger partial charge in [0.25, 0.3) is 0 Å². The molecule has 1 aliphatic heterocycles. The molecule has 2 heterocycles. The van der Waals surface area contributed by atoms with E-state index in [2.05, 4.69) is 23.8 Å². The Kier molecular flexibility index (Phi) is 3.51. The van der Waals surface area contributed by atoms with Crippen molar-refractivity contribution in [2.24, 2.45) is 5.10 Å². The van der Waals surface area contributed by atoms with Crippen LogP contribution in [0.25, 0.3) is 11.0 Å². The van der Waals surface area contributed by atoms with Crippen LogP contribution in [0.2, 0.25) is 0 Å². The van der Waals surface area contributed by atoms with E-state index in [0.717, 1.165) is 24.2 Å². The summed E-state index contributed by atoms with van der Waals surface area (Å²) in [5, 5.41) is 6.30. The van der Waals surface area contributed by atoms with Gasteiger partial charge in [0.2, 0.25) is 0 Å². The molecule has 21 heavy (non-hydrogen) atoms. The highest BCUT2D eigenvalue weighted by Gasteiger charge is 2.16. The molecule has 1 aromatic heterocycles. The van der Waals surface area contributed by atoms with E-state index in [4.69, 9.17) is 9.15 Å². The number of fused-ring (bicyclic) bond motifs is 1. The fourth-order valence-corrected chi connectivity index (χ4v) is 2.41. The van der Waals surface area contributed by atoms with Gasteiger partial charge in [-0.05, 0) is 32.0 Å². The standard InChI is InChI=1S/C15H17N3O3/c1-3-17(4-2)12-6-5-11-7-13(18-10-20-9-16-18)15(19)21-14(11)8-12/h5-9H,3-4,10H2,1-2H3. The minimum Gasteiger partial charge on any atom is -0.459 e. The third-order valence-corrected chi connectivity index (χ3v) is 3.57.